The average Bonchev–Trinajstić information content (AvgIpc) is 2.31. The van der Waals surface area contributed by atoms with E-state index < -0.39 is 5.74 Å². The number of rotatable bonds is 2. The fourth-order valence-corrected chi connectivity index (χ4v) is 4.39. The van der Waals surface area contributed by atoms with Crippen LogP contribution in [0.4, 0.5) is 0 Å². The zero-order valence-electron chi connectivity index (χ0n) is 8.08. The van der Waals surface area contributed by atoms with E-state index >= 15 is 0 Å². The summed E-state index contributed by atoms with van der Waals surface area (Å²) in [5.41, 5.74) is -2.27. The predicted molar refractivity (Wildman–Crippen MR) is 67.0 cm³/mol. The number of hydrogen-bond acceptors (Lipinski definition) is 1. The van der Waals surface area contributed by atoms with Crippen molar-refractivity contribution >= 4 is 31.4 Å². The summed E-state index contributed by atoms with van der Waals surface area (Å²) in [5, 5.41) is 1.94. The van der Waals surface area contributed by atoms with Gasteiger partial charge in [-0.2, -0.15) is 0 Å². The van der Waals surface area contributed by atoms with Crippen LogP contribution in [-0.4, -0.2) is 20.0 Å². The van der Waals surface area contributed by atoms with Gasteiger partial charge >= 0.3 is 97.0 Å². The van der Waals surface area contributed by atoms with Crippen molar-refractivity contribution in [1.82, 2.24) is 0 Å². The van der Waals surface area contributed by atoms with Crippen molar-refractivity contribution in [2.75, 3.05) is 0 Å². The Bertz CT molecular complexity index is 438. The topological polar surface area (TPSA) is 20.2 Å². The summed E-state index contributed by atoms with van der Waals surface area (Å²) in [6.07, 6.45) is 0. The van der Waals surface area contributed by atoms with Crippen LogP contribution in [0, 0.1) is 0 Å². The third-order valence-electron chi connectivity index (χ3n) is 2.21. The van der Waals surface area contributed by atoms with Crippen molar-refractivity contribution < 1.29 is 4.89 Å². The van der Waals surface area contributed by atoms with Gasteiger partial charge in [-0.05, 0) is 0 Å². The Labute approximate surface area is 97.1 Å². The molecule has 0 saturated heterocycles. The third-order valence-corrected chi connectivity index (χ3v) is 6.86. The molecule has 2 aromatic carbocycles. The van der Waals surface area contributed by atoms with Crippen molar-refractivity contribution in [3.8, 4) is 0 Å². The Hall–Kier alpha value is -0.651. The first-order valence-corrected chi connectivity index (χ1v) is 8.61. The van der Waals surface area contributed by atoms with E-state index in [4.69, 9.17) is 0 Å². The molecular weight excluding hydrogens is 270 g/mol. The fourth-order valence-electron chi connectivity index (χ4n) is 1.41. The molecule has 0 aliphatic rings. The zero-order chi connectivity index (χ0) is 10.7. The Balaban J connectivity index is 2.50. The van der Waals surface area contributed by atoms with Gasteiger partial charge < -0.3 is 0 Å². The van der Waals surface area contributed by atoms with Crippen molar-refractivity contribution in [2.24, 2.45) is 0 Å². The van der Waals surface area contributed by atoms with E-state index in [0.29, 0.717) is 0 Å². The van der Waals surface area contributed by atoms with Gasteiger partial charge in [0, 0.05) is 0 Å². The van der Waals surface area contributed by atoms with Gasteiger partial charge in [0.25, 0.3) is 0 Å². The molecule has 0 unspecified atom stereocenters. The van der Waals surface area contributed by atoms with E-state index in [1.807, 2.05) is 60.7 Å². The zero-order valence-corrected chi connectivity index (χ0v) is 10.7. The van der Waals surface area contributed by atoms with Gasteiger partial charge in [-0.1, -0.05) is 0 Å². The van der Waals surface area contributed by atoms with E-state index in [-0.39, 0.29) is 0 Å². The number of benzene rings is 2. The molecule has 0 aliphatic heterocycles. The van der Waals surface area contributed by atoms with Crippen LogP contribution in [-0.2, 0) is 0 Å². The van der Waals surface area contributed by atoms with Gasteiger partial charge in [0.2, 0.25) is 0 Å². The van der Waals surface area contributed by atoms with Gasteiger partial charge in [-0.3, -0.25) is 0 Å². The molecule has 0 aliphatic carbocycles. The predicted octanol–water partition coefficient (Wildman–Crippen LogP) is 1.65. The van der Waals surface area contributed by atoms with Gasteiger partial charge in [0.15, 0.2) is 0 Å². The maximum atomic E-state index is 10.5. The maximum absolute atomic E-state index is 10.5. The van der Waals surface area contributed by atoms with Gasteiger partial charge in [-0.15, -0.1) is 0 Å². The minimum atomic E-state index is -2.27. The van der Waals surface area contributed by atoms with Crippen LogP contribution in [0.3, 0.4) is 0 Å². The van der Waals surface area contributed by atoms with Crippen LogP contribution in [0.2, 0.25) is 0 Å². The first kappa shape index (κ1) is 10.9. The molecular formula is C12H11OPSe. The summed E-state index contributed by atoms with van der Waals surface area (Å²) in [7, 11) is 0. The van der Waals surface area contributed by atoms with Crippen molar-refractivity contribution in [2.45, 2.75) is 0 Å². The quantitative estimate of drug-likeness (QED) is 0.655. The molecule has 76 valence electrons. The van der Waals surface area contributed by atoms with Gasteiger partial charge in [-0.25, -0.2) is 0 Å². The Morgan fingerprint density at radius 3 is 1.40 bits per heavy atom. The molecule has 1 nitrogen and oxygen atoms in total. The summed E-state index contributed by atoms with van der Waals surface area (Å²) in [6.45, 7) is 0. The van der Waals surface area contributed by atoms with Crippen LogP contribution in [0.5, 0.6) is 0 Å². The van der Waals surface area contributed by atoms with Crippen LogP contribution in [0.1, 0.15) is 0 Å². The molecule has 1 N–H and O–H groups in total. The number of hydrogen-bond donors (Lipinski definition) is 1. The summed E-state index contributed by atoms with van der Waals surface area (Å²) in [6, 6.07) is 19.5. The monoisotopic (exact) mass is 282 g/mol. The molecule has 0 spiro atoms. The molecule has 0 fully saturated rings. The molecule has 0 heterocycles. The standard InChI is InChI=1S/C12H11OPSe/c13-14(15,11-7-3-1-4-8-11)12-9-5-2-6-10-12/h1-10H,(H,13,15). The molecule has 2 rings (SSSR count). The van der Waals surface area contributed by atoms with E-state index in [9.17, 15) is 4.89 Å². The Morgan fingerprint density at radius 2 is 1.07 bits per heavy atom. The second-order valence-electron chi connectivity index (χ2n) is 3.25. The Morgan fingerprint density at radius 1 is 0.733 bits per heavy atom. The average molecular weight is 281 g/mol. The third kappa shape index (κ3) is 2.30. The Kier molecular flexibility index (Phi) is 3.23. The second-order valence-corrected chi connectivity index (χ2v) is 8.76. The van der Waals surface area contributed by atoms with Crippen LogP contribution < -0.4 is 10.6 Å². The second kappa shape index (κ2) is 4.47. The normalized spacial score (nSPS) is 11.3. The van der Waals surface area contributed by atoms with Crippen LogP contribution >= 0.6 is 5.74 Å². The molecule has 0 saturated carbocycles. The fraction of sp³-hybridized carbons (Fsp3) is 0. The first-order valence-electron chi connectivity index (χ1n) is 4.65. The molecule has 2 aromatic rings. The van der Waals surface area contributed by atoms with Crippen molar-refractivity contribution in [3.63, 3.8) is 0 Å². The molecule has 0 bridgehead atoms. The first-order chi connectivity index (χ1) is 7.21. The SMILES string of the molecule is OP(=[Se])(c1ccccc1)c1ccccc1. The molecule has 0 radical (unpaired) electrons. The van der Waals surface area contributed by atoms with Gasteiger partial charge in [0.1, 0.15) is 0 Å². The summed E-state index contributed by atoms with van der Waals surface area (Å²) >= 11 is 2.95. The van der Waals surface area contributed by atoms with Gasteiger partial charge in [0.05, 0.1) is 0 Å². The van der Waals surface area contributed by atoms with E-state index in [1.165, 1.54) is 0 Å². The van der Waals surface area contributed by atoms with E-state index in [2.05, 4.69) is 15.1 Å². The van der Waals surface area contributed by atoms with Crippen molar-refractivity contribution in [3.05, 3.63) is 60.7 Å². The minimum absolute atomic E-state index is 0.969. The molecule has 3 heteroatoms. The molecule has 0 amide bonds. The molecule has 15 heavy (non-hydrogen) atoms. The van der Waals surface area contributed by atoms with Crippen molar-refractivity contribution in [1.29, 1.82) is 0 Å². The van der Waals surface area contributed by atoms with E-state index in [1.54, 1.807) is 0 Å². The summed E-state index contributed by atoms with van der Waals surface area (Å²) in [4.78, 5) is 10.5. The van der Waals surface area contributed by atoms with E-state index in [0.717, 1.165) is 10.6 Å². The summed E-state index contributed by atoms with van der Waals surface area (Å²) in [5.74, 6) is 0. The molecule has 0 aromatic heterocycles. The summed E-state index contributed by atoms with van der Waals surface area (Å²) < 4.78 is 0. The van der Waals surface area contributed by atoms with Crippen LogP contribution in [0.15, 0.2) is 60.7 Å². The molecule has 0 atom stereocenters. The van der Waals surface area contributed by atoms with Crippen LogP contribution in [0.25, 0.3) is 0 Å².